The summed E-state index contributed by atoms with van der Waals surface area (Å²) < 4.78 is 4.78. The third-order valence-electron chi connectivity index (χ3n) is 3.16. The van der Waals surface area contributed by atoms with Crippen molar-refractivity contribution >= 4 is 5.97 Å². The van der Waals surface area contributed by atoms with Crippen molar-refractivity contribution in [3.63, 3.8) is 0 Å². The van der Waals surface area contributed by atoms with Crippen LogP contribution in [0.3, 0.4) is 0 Å². The Labute approximate surface area is 91.3 Å². The molecule has 0 aliphatic rings. The molecule has 0 saturated heterocycles. The highest BCUT2D eigenvalue weighted by molar-refractivity contribution is 5.73. The molecule has 2 nitrogen and oxygen atoms in total. The van der Waals surface area contributed by atoms with Gasteiger partial charge in [0.1, 0.15) is 0 Å². The van der Waals surface area contributed by atoms with Gasteiger partial charge < -0.3 is 4.74 Å². The van der Waals surface area contributed by atoms with Gasteiger partial charge in [-0.15, -0.1) is 0 Å². The van der Waals surface area contributed by atoms with E-state index in [1.54, 1.807) is 0 Å². The lowest BCUT2D eigenvalue weighted by Crippen LogP contribution is -2.33. The molecule has 0 bridgehead atoms. The van der Waals surface area contributed by atoms with Crippen LogP contribution >= 0.6 is 0 Å². The van der Waals surface area contributed by atoms with E-state index in [1.165, 1.54) is 7.11 Å². The Morgan fingerprint density at radius 3 is 2.27 bits per heavy atom. The van der Waals surface area contributed by atoms with Gasteiger partial charge in [-0.1, -0.05) is 51.1 Å². The summed E-state index contributed by atoms with van der Waals surface area (Å²) in [6.45, 7) is 6.02. The van der Waals surface area contributed by atoms with E-state index in [1.807, 2.05) is 37.3 Å². The zero-order chi connectivity index (χ0) is 11.5. The molecule has 1 rings (SSSR count). The van der Waals surface area contributed by atoms with Gasteiger partial charge in [0.05, 0.1) is 13.0 Å². The largest absolute Gasteiger partial charge is 0.469 e. The molecule has 1 atom stereocenters. The van der Waals surface area contributed by atoms with Crippen LogP contribution in [0.15, 0.2) is 30.3 Å². The number of rotatable bonds is 3. The summed E-state index contributed by atoms with van der Waals surface area (Å²) in [6, 6.07) is 10.0. The molecule has 0 aliphatic carbocycles. The maximum absolute atomic E-state index is 11.5. The molecule has 0 N–H and O–H groups in total. The normalized spacial score (nSPS) is 13.3. The van der Waals surface area contributed by atoms with E-state index in [2.05, 4.69) is 13.8 Å². The highest BCUT2D eigenvalue weighted by atomic mass is 16.5. The second-order valence-corrected chi connectivity index (χ2v) is 4.33. The van der Waals surface area contributed by atoms with Crippen molar-refractivity contribution in [1.29, 1.82) is 0 Å². The minimum Gasteiger partial charge on any atom is -0.469 e. The van der Waals surface area contributed by atoms with E-state index in [0.29, 0.717) is 0 Å². The zero-order valence-electron chi connectivity index (χ0n) is 9.78. The van der Waals surface area contributed by atoms with E-state index in [0.717, 1.165) is 5.56 Å². The molecular formula is C13H18O2. The lowest BCUT2D eigenvalue weighted by molar-refractivity contribution is -0.146. The summed E-state index contributed by atoms with van der Waals surface area (Å²) in [5.74, 6) is -0.311. The molecule has 1 aromatic rings. The first-order valence-corrected chi connectivity index (χ1v) is 5.13. The SMILES string of the molecule is COC(=O)C(C)C(C)(C)c1ccccc1. The lowest BCUT2D eigenvalue weighted by atomic mass is 9.74. The molecule has 0 aliphatic heterocycles. The smallest absolute Gasteiger partial charge is 0.309 e. The van der Waals surface area contributed by atoms with Gasteiger partial charge in [-0.05, 0) is 5.56 Å². The van der Waals surface area contributed by atoms with E-state index in [9.17, 15) is 4.79 Å². The Morgan fingerprint density at radius 1 is 1.27 bits per heavy atom. The van der Waals surface area contributed by atoms with Gasteiger partial charge in [0.2, 0.25) is 0 Å². The summed E-state index contributed by atoms with van der Waals surface area (Å²) in [5.41, 5.74) is 0.955. The van der Waals surface area contributed by atoms with Crippen LogP contribution in [0.4, 0.5) is 0 Å². The standard InChI is InChI=1S/C13H18O2/c1-10(12(14)15-4)13(2,3)11-8-6-5-7-9-11/h5-10H,1-4H3. The average Bonchev–Trinajstić information content (AvgIpc) is 2.28. The van der Waals surface area contributed by atoms with E-state index < -0.39 is 0 Å². The molecule has 0 fully saturated rings. The molecule has 0 spiro atoms. The summed E-state index contributed by atoms with van der Waals surface area (Å²) in [5, 5.41) is 0. The second kappa shape index (κ2) is 4.47. The number of esters is 1. The fourth-order valence-electron chi connectivity index (χ4n) is 1.59. The molecule has 2 heteroatoms. The van der Waals surface area contributed by atoms with Crippen molar-refractivity contribution in [3.05, 3.63) is 35.9 Å². The first-order chi connectivity index (χ1) is 7.00. The van der Waals surface area contributed by atoms with Crippen LogP contribution in [0.2, 0.25) is 0 Å². The van der Waals surface area contributed by atoms with Gasteiger partial charge in [0.25, 0.3) is 0 Å². The summed E-state index contributed by atoms with van der Waals surface area (Å²) in [7, 11) is 1.43. The number of carbonyl (C=O) groups excluding carboxylic acids is 1. The molecule has 0 amide bonds. The highest BCUT2D eigenvalue weighted by Gasteiger charge is 2.33. The third-order valence-corrected chi connectivity index (χ3v) is 3.16. The molecule has 1 aromatic carbocycles. The number of hydrogen-bond donors (Lipinski definition) is 0. The van der Waals surface area contributed by atoms with Crippen molar-refractivity contribution in [1.82, 2.24) is 0 Å². The van der Waals surface area contributed by atoms with E-state index in [-0.39, 0.29) is 17.3 Å². The molecule has 0 heterocycles. The lowest BCUT2D eigenvalue weighted by Gasteiger charge is -2.30. The van der Waals surface area contributed by atoms with Crippen LogP contribution in [0, 0.1) is 5.92 Å². The number of hydrogen-bond acceptors (Lipinski definition) is 2. The Morgan fingerprint density at radius 2 is 1.80 bits per heavy atom. The van der Waals surface area contributed by atoms with Gasteiger partial charge in [0, 0.05) is 5.41 Å². The highest BCUT2D eigenvalue weighted by Crippen LogP contribution is 2.31. The van der Waals surface area contributed by atoms with E-state index >= 15 is 0 Å². The molecule has 1 unspecified atom stereocenters. The summed E-state index contributed by atoms with van der Waals surface area (Å²) >= 11 is 0. The fraction of sp³-hybridized carbons (Fsp3) is 0.462. The first-order valence-electron chi connectivity index (χ1n) is 5.13. The van der Waals surface area contributed by atoms with Crippen molar-refractivity contribution in [2.45, 2.75) is 26.2 Å². The second-order valence-electron chi connectivity index (χ2n) is 4.33. The number of carbonyl (C=O) groups is 1. The Hall–Kier alpha value is -1.31. The van der Waals surface area contributed by atoms with Crippen LogP contribution in [0.25, 0.3) is 0 Å². The molecule has 0 radical (unpaired) electrons. The maximum Gasteiger partial charge on any atom is 0.309 e. The fourth-order valence-corrected chi connectivity index (χ4v) is 1.59. The average molecular weight is 206 g/mol. The maximum atomic E-state index is 11.5. The molecular weight excluding hydrogens is 188 g/mol. The van der Waals surface area contributed by atoms with Crippen LogP contribution in [0.1, 0.15) is 26.3 Å². The van der Waals surface area contributed by atoms with Crippen LogP contribution < -0.4 is 0 Å². The Bertz CT molecular complexity index is 328. The Balaban J connectivity index is 2.97. The van der Waals surface area contributed by atoms with Crippen molar-refractivity contribution < 1.29 is 9.53 Å². The monoisotopic (exact) mass is 206 g/mol. The van der Waals surface area contributed by atoms with Crippen molar-refractivity contribution in [3.8, 4) is 0 Å². The van der Waals surface area contributed by atoms with Gasteiger partial charge in [-0.25, -0.2) is 0 Å². The van der Waals surface area contributed by atoms with Crippen LogP contribution in [0.5, 0.6) is 0 Å². The summed E-state index contributed by atoms with van der Waals surface area (Å²) in [6.07, 6.45) is 0. The van der Waals surface area contributed by atoms with E-state index in [4.69, 9.17) is 4.74 Å². The minimum absolute atomic E-state index is 0.148. The molecule has 82 valence electrons. The first kappa shape index (κ1) is 11.8. The van der Waals surface area contributed by atoms with Gasteiger partial charge >= 0.3 is 5.97 Å². The summed E-state index contributed by atoms with van der Waals surface area (Å²) in [4.78, 5) is 11.5. The molecule has 15 heavy (non-hydrogen) atoms. The molecule has 0 saturated carbocycles. The van der Waals surface area contributed by atoms with Gasteiger partial charge in [-0.3, -0.25) is 4.79 Å². The number of methoxy groups -OCH3 is 1. The van der Waals surface area contributed by atoms with Crippen LogP contribution in [-0.4, -0.2) is 13.1 Å². The Kier molecular flexibility index (Phi) is 3.51. The predicted octanol–water partition coefficient (Wildman–Crippen LogP) is 2.77. The zero-order valence-corrected chi connectivity index (χ0v) is 9.78. The molecule has 0 aromatic heterocycles. The topological polar surface area (TPSA) is 26.3 Å². The third kappa shape index (κ3) is 2.38. The van der Waals surface area contributed by atoms with Gasteiger partial charge in [-0.2, -0.15) is 0 Å². The van der Waals surface area contributed by atoms with Crippen molar-refractivity contribution in [2.24, 2.45) is 5.92 Å². The quantitative estimate of drug-likeness (QED) is 0.711. The number of benzene rings is 1. The van der Waals surface area contributed by atoms with Crippen LogP contribution in [-0.2, 0) is 14.9 Å². The number of ether oxygens (including phenoxy) is 1. The predicted molar refractivity (Wildman–Crippen MR) is 60.6 cm³/mol. The van der Waals surface area contributed by atoms with Crippen molar-refractivity contribution in [2.75, 3.05) is 7.11 Å². The van der Waals surface area contributed by atoms with Gasteiger partial charge in [0.15, 0.2) is 0 Å². The minimum atomic E-state index is -0.200.